The summed E-state index contributed by atoms with van der Waals surface area (Å²) in [4.78, 5) is 11.3. The lowest BCUT2D eigenvalue weighted by Crippen LogP contribution is -2.24. The molecule has 6 heteroatoms. The quantitative estimate of drug-likeness (QED) is 0.847. The summed E-state index contributed by atoms with van der Waals surface area (Å²) in [7, 11) is 0. The topological polar surface area (TPSA) is 61.3 Å². The third-order valence-corrected chi connectivity index (χ3v) is 3.59. The number of nitrogens with zero attached hydrogens (tertiary/aromatic N) is 3. The molecule has 0 fully saturated rings. The molecule has 2 rings (SSSR count). The molecule has 0 saturated heterocycles. The Morgan fingerprint density at radius 1 is 1.25 bits per heavy atom. The highest BCUT2D eigenvalue weighted by Gasteiger charge is 2.11. The maximum absolute atomic E-state index is 9.00. The highest BCUT2D eigenvalue weighted by atomic mass is 79.9. The number of benzene rings is 1. The van der Waals surface area contributed by atoms with E-state index in [1.165, 1.54) is 0 Å². The second-order valence-corrected chi connectivity index (χ2v) is 5.27. The molecule has 2 aromatic rings. The maximum atomic E-state index is 9.00. The first kappa shape index (κ1) is 15.0. The molecular weight excluding hydrogens is 320 g/mol. The molecule has 0 radical (unpaired) electrons. The number of anilines is 2. The van der Waals surface area contributed by atoms with Gasteiger partial charge in [0.25, 0.3) is 0 Å². The van der Waals surface area contributed by atoms with E-state index < -0.39 is 0 Å². The van der Waals surface area contributed by atoms with Crippen molar-refractivity contribution in [1.82, 2.24) is 9.97 Å². The first-order valence-electron chi connectivity index (χ1n) is 6.76. The highest BCUT2D eigenvalue weighted by Crippen LogP contribution is 2.26. The van der Waals surface area contributed by atoms with Gasteiger partial charge in [-0.1, -0.05) is 15.9 Å². The molecule has 1 heterocycles. The van der Waals surface area contributed by atoms with Crippen LogP contribution in [0.25, 0.3) is 10.9 Å². The molecule has 2 N–H and O–H groups in total. The van der Waals surface area contributed by atoms with E-state index >= 15 is 0 Å². The zero-order chi connectivity index (χ0) is 14.5. The zero-order valence-corrected chi connectivity index (χ0v) is 13.3. The van der Waals surface area contributed by atoms with Gasteiger partial charge in [-0.25, -0.2) is 4.98 Å². The van der Waals surface area contributed by atoms with Crippen LogP contribution in [-0.2, 0) is 0 Å². The Morgan fingerprint density at radius 3 is 2.65 bits per heavy atom. The molecule has 0 aliphatic rings. The van der Waals surface area contributed by atoms with E-state index in [0.29, 0.717) is 12.5 Å². The normalized spacial score (nSPS) is 10.8. The fourth-order valence-corrected chi connectivity index (χ4v) is 2.41. The van der Waals surface area contributed by atoms with Crippen molar-refractivity contribution in [1.29, 1.82) is 0 Å². The summed E-state index contributed by atoms with van der Waals surface area (Å²) < 4.78 is 0.983. The SMILES string of the molecule is CCN(CC)c1nc(NCCO)c2cc(Br)ccc2n1. The van der Waals surface area contributed by atoms with Crippen molar-refractivity contribution in [3.63, 3.8) is 0 Å². The molecule has 1 aromatic heterocycles. The van der Waals surface area contributed by atoms with Crippen LogP contribution in [0.2, 0.25) is 0 Å². The van der Waals surface area contributed by atoms with E-state index in [2.05, 4.69) is 50.0 Å². The molecule has 0 atom stereocenters. The van der Waals surface area contributed by atoms with Crippen molar-refractivity contribution >= 4 is 38.6 Å². The van der Waals surface area contributed by atoms with Gasteiger partial charge in [-0.15, -0.1) is 0 Å². The van der Waals surface area contributed by atoms with Crippen LogP contribution >= 0.6 is 15.9 Å². The van der Waals surface area contributed by atoms with Crippen molar-refractivity contribution in [2.75, 3.05) is 36.5 Å². The number of rotatable bonds is 6. The van der Waals surface area contributed by atoms with Crippen molar-refractivity contribution in [2.45, 2.75) is 13.8 Å². The van der Waals surface area contributed by atoms with Gasteiger partial charge in [0.2, 0.25) is 5.95 Å². The molecule has 0 amide bonds. The summed E-state index contributed by atoms with van der Waals surface area (Å²) in [6.07, 6.45) is 0. The van der Waals surface area contributed by atoms with Gasteiger partial charge in [-0.3, -0.25) is 0 Å². The van der Waals surface area contributed by atoms with Gasteiger partial charge >= 0.3 is 0 Å². The van der Waals surface area contributed by atoms with Gasteiger partial charge in [0.1, 0.15) is 5.82 Å². The van der Waals surface area contributed by atoms with Crippen LogP contribution < -0.4 is 10.2 Å². The van der Waals surface area contributed by atoms with E-state index in [0.717, 1.165) is 34.3 Å². The summed E-state index contributed by atoms with van der Waals surface area (Å²) in [5.74, 6) is 1.47. The molecule has 0 unspecified atom stereocenters. The average molecular weight is 339 g/mol. The maximum Gasteiger partial charge on any atom is 0.227 e. The largest absolute Gasteiger partial charge is 0.395 e. The van der Waals surface area contributed by atoms with Gasteiger partial charge in [-0.2, -0.15) is 4.98 Å². The molecule has 0 aliphatic heterocycles. The fraction of sp³-hybridized carbons (Fsp3) is 0.429. The Bertz CT molecular complexity index is 587. The van der Waals surface area contributed by atoms with Gasteiger partial charge < -0.3 is 15.3 Å². The molecule has 0 saturated carbocycles. The Labute approximate surface area is 127 Å². The van der Waals surface area contributed by atoms with Crippen LogP contribution in [-0.4, -0.2) is 41.3 Å². The third kappa shape index (κ3) is 3.19. The summed E-state index contributed by atoms with van der Waals surface area (Å²) >= 11 is 3.47. The van der Waals surface area contributed by atoms with Crippen molar-refractivity contribution in [3.8, 4) is 0 Å². The minimum Gasteiger partial charge on any atom is -0.395 e. The van der Waals surface area contributed by atoms with Crippen LogP contribution in [0.5, 0.6) is 0 Å². The molecule has 20 heavy (non-hydrogen) atoms. The Kier molecular flexibility index (Phi) is 5.14. The second kappa shape index (κ2) is 6.85. The van der Waals surface area contributed by atoms with Crippen molar-refractivity contribution in [3.05, 3.63) is 22.7 Å². The lowest BCUT2D eigenvalue weighted by atomic mass is 10.2. The number of aliphatic hydroxyl groups excluding tert-OH is 1. The summed E-state index contributed by atoms with van der Waals surface area (Å²) in [6, 6.07) is 5.93. The smallest absolute Gasteiger partial charge is 0.227 e. The number of hydrogen-bond acceptors (Lipinski definition) is 5. The van der Waals surface area contributed by atoms with Crippen molar-refractivity contribution in [2.24, 2.45) is 0 Å². The summed E-state index contributed by atoms with van der Waals surface area (Å²) in [5.41, 5.74) is 0.894. The van der Waals surface area contributed by atoms with Gasteiger partial charge in [-0.05, 0) is 32.0 Å². The van der Waals surface area contributed by atoms with Crippen LogP contribution in [0.15, 0.2) is 22.7 Å². The van der Waals surface area contributed by atoms with E-state index in [9.17, 15) is 0 Å². The van der Waals surface area contributed by atoms with E-state index in [-0.39, 0.29) is 6.61 Å². The molecule has 0 aliphatic carbocycles. The number of hydrogen-bond donors (Lipinski definition) is 2. The molecule has 1 aromatic carbocycles. The third-order valence-electron chi connectivity index (χ3n) is 3.10. The van der Waals surface area contributed by atoms with Gasteiger partial charge in [0.15, 0.2) is 0 Å². The number of nitrogens with one attached hydrogen (secondary N) is 1. The predicted octanol–water partition coefficient (Wildman–Crippen LogP) is 2.64. The van der Waals surface area contributed by atoms with Crippen LogP contribution in [0, 0.1) is 0 Å². The van der Waals surface area contributed by atoms with Crippen LogP contribution in [0.1, 0.15) is 13.8 Å². The Balaban J connectivity index is 2.54. The molecule has 108 valence electrons. The zero-order valence-electron chi connectivity index (χ0n) is 11.7. The minimum absolute atomic E-state index is 0.0695. The lowest BCUT2D eigenvalue weighted by molar-refractivity contribution is 0.311. The molecule has 0 bridgehead atoms. The minimum atomic E-state index is 0.0695. The lowest BCUT2D eigenvalue weighted by Gasteiger charge is -2.20. The summed E-state index contributed by atoms with van der Waals surface area (Å²) in [6.45, 7) is 6.42. The number of halogens is 1. The second-order valence-electron chi connectivity index (χ2n) is 4.36. The van der Waals surface area contributed by atoms with Crippen LogP contribution in [0.4, 0.5) is 11.8 Å². The molecule has 0 spiro atoms. The first-order chi connectivity index (χ1) is 9.69. The van der Waals surface area contributed by atoms with Crippen molar-refractivity contribution < 1.29 is 5.11 Å². The standard InChI is InChI=1S/C14H19BrN4O/c1-3-19(4-2)14-17-12-6-5-10(15)9-11(12)13(18-14)16-7-8-20/h5-6,9,20H,3-4,7-8H2,1-2H3,(H,16,17,18). The molecule has 5 nitrogen and oxygen atoms in total. The average Bonchev–Trinajstić information content (AvgIpc) is 2.46. The Morgan fingerprint density at radius 2 is 2.00 bits per heavy atom. The van der Waals surface area contributed by atoms with Crippen LogP contribution in [0.3, 0.4) is 0 Å². The highest BCUT2D eigenvalue weighted by molar-refractivity contribution is 9.10. The predicted molar refractivity (Wildman–Crippen MR) is 86.4 cm³/mol. The number of aliphatic hydroxyl groups is 1. The monoisotopic (exact) mass is 338 g/mol. The van der Waals surface area contributed by atoms with E-state index in [1.54, 1.807) is 0 Å². The first-order valence-corrected chi connectivity index (χ1v) is 7.55. The van der Waals surface area contributed by atoms with Gasteiger partial charge in [0, 0.05) is 29.5 Å². The fourth-order valence-electron chi connectivity index (χ4n) is 2.05. The summed E-state index contributed by atoms with van der Waals surface area (Å²) in [5, 5.41) is 13.1. The van der Waals surface area contributed by atoms with Gasteiger partial charge in [0.05, 0.1) is 12.1 Å². The Hall–Kier alpha value is -1.40. The number of fused-ring (bicyclic) bond motifs is 1. The van der Waals surface area contributed by atoms with E-state index in [1.807, 2.05) is 18.2 Å². The van der Waals surface area contributed by atoms with E-state index in [4.69, 9.17) is 5.11 Å². The number of aromatic nitrogens is 2. The molecular formula is C14H19BrN4O.